The van der Waals surface area contributed by atoms with Gasteiger partial charge in [-0.15, -0.1) is 10.2 Å². The fourth-order valence-corrected chi connectivity index (χ4v) is 3.08. The third-order valence-electron chi connectivity index (χ3n) is 2.86. The van der Waals surface area contributed by atoms with Gasteiger partial charge in [0.25, 0.3) is 0 Å². The average Bonchev–Trinajstić information content (AvgIpc) is 2.91. The topological polar surface area (TPSA) is 75.2 Å². The molecule has 1 atom stereocenters. The normalized spacial score (nSPS) is 13.4. The van der Waals surface area contributed by atoms with Gasteiger partial charge in [0.2, 0.25) is 15.2 Å². The van der Waals surface area contributed by atoms with Crippen molar-refractivity contribution < 1.29 is 8.42 Å². The quantitative estimate of drug-likeness (QED) is 0.913. The van der Waals surface area contributed by atoms with Crippen LogP contribution in [0.15, 0.2) is 34.7 Å². The first-order valence-corrected chi connectivity index (χ1v) is 8.28. The molecule has 0 bridgehead atoms. The zero-order valence-electron chi connectivity index (χ0n) is 11.4. The van der Waals surface area contributed by atoms with Crippen molar-refractivity contribution in [3.63, 3.8) is 0 Å². The van der Waals surface area contributed by atoms with E-state index in [9.17, 15) is 8.42 Å². The maximum absolute atomic E-state index is 12.0. The molecule has 1 unspecified atom stereocenters. The highest BCUT2D eigenvalue weighted by Gasteiger charge is 2.17. The van der Waals surface area contributed by atoms with Crippen molar-refractivity contribution in [3.05, 3.63) is 35.3 Å². The first-order valence-electron chi connectivity index (χ1n) is 5.96. The van der Waals surface area contributed by atoms with Gasteiger partial charge in [0.1, 0.15) is 5.51 Å². The zero-order valence-corrected chi connectivity index (χ0v) is 13.1. The summed E-state index contributed by atoms with van der Waals surface area (Å²) in [7, 11) is -0.343. The maximum Gasteiger partial charge on any atom is 0.242 e. The van der Waals surface area contributed by atoms with Crippen LogP contribution in [0.5, 0.6) is 0 Å². The molecule has 0 saturated carbocycles. The predicted octanol–water partition coefficient (Wildman–Crippen LogP) is 1.96. The average molecular weight is 312 g/mol. The second-order valence-corrected chi connectivity index (χ2v) is 7.45. The summed E-state index contributed by atoms with van der Waals surface area (Å²) >= 11 is 1.42. The SMILES string of the molecule is CC(Nc1nncs1)c1ccc(S(=O)(=O)N(C)C)cc1. The van der Waals surface area contributed by atoms with Gasteiger partial charge in [0, 0.05) is 14.1 Å². The van der Waals surface area contributed by atoms with E-state index in [-0.39, 0.29) is 10.9 Å². The van der Waals surface area contributed by atoms with Gasteiger partial charge in [-0.1, -0.05) is 23.5 Å². The molecule has 0 aliphatic carbocycles. The van der Waals surface area contributed by atoms with Crippen LogP contribution in [0.1, 0.15) is 18.5 Å². The van der Waals surface area contributed by atoms with Crippen molar-refractivity contribution in [2.45, 2.75) is 17.9 Å². The van der Waals surface area contributed by atoms with Gasteiger partial charge in [-0.05, 0) is 24.6 Å². The first kappa shape index (κ1) is 14.9. The van der Waals surface area contributed by atoms with E-state index in [1.165, 1.54) is 29.7 Å². The minimum atomic E-state index is -3.38. The second-order valence-electron chi connectivity index (χ2n) is 4.47. The molecule has 20 heavy (non-hydrogen) atoms. The van der Waals surface area contributed by atoms with Crippen LogP contribution in [0.25, 0.3) is 0 Å². The van der Waals surface area contributed by atoms with E-state index < -0.39 is 10.0 Å². The van der Waals surface area contributed by atoms with Crippen LogP contribution in [-0.2, 0) is 10.0 Å². The third-order valence-corrected chi connectivity index (χ3v) is 5.31. The monoisotopic (exact) mass is 312 g/mol. The lowest BCUT2D eigenvalue weighted by atomic mass is 10.1. The van der Waals surface area contributed by atoms with E-state index in [4.69, 9.17) is 0 Å². The smallest absolute Gasteiger partial charge is 0.242 e. The van der Waals surface area contributed by atoms with Crippen LogP contribution < -0.4 is 5.32 Å². The molecule has 0 radical (unpaired) electrons. The maximum atomic E-state index is 12.0. The fraction of sp³-hybridized carbons (Fsp3) is 0.333. The molecule has 0 saturated heterocycles. The van der Waals surface area contributed by atoms with E-state index in [1.807, 2.05) is 6.92 Å². The van der Waals surface area contributed by atoms with Gasteiger partial charge in [-0.2, -0.15) is 0 Å². The lowest BCUT2D eigenvalue weighted by molar-refractivity contribution is 0.520. The number of anilines is 1. The van der Waals surface area contributed by atoms with Gasteiger partial charge in [0.05, 0.1) is 10.9 Å². The van der Waals surface area contributed by atoms with E-state index in [1.54, 1.807) is 29.8 Å². The zero-order chi connectivity index (χ0) is 14.8. The van der Waals surface area contributed by atoms with Crippen molar-refractivity contribution in [1.82, 2.24) is 14.5 Å². The number of rotatable bonds is 5. The van der Waals surface area contributed by atoms with Crippen LogP contribution >= 0.6 is 11.3 Å². The number of nitrogens with one attached hydrogen (secondary N) is 1. The summed E-state index contributed by atoms with van der Waals surface area (Å²) < 4.78 is 25.1. The lowest BCUT2D eigenvalue weighted by Crippen LogP contribution is -2.22. The summed E-state index contributed by atoms with van der Waals surface area (Å²) in [5.41, 5.74) is 2.64. The van der Waals surface area contributed by atoms with Crippen molar-refractivity contribution in [2.75, 3.05) is 19.4 Å². The van der Waals surface area contributed by atoms with Crippen LogP contribution in [0.3, 0.4) is 0 Å². The van der Waals surface area contributed by atoms with Gasteiger partial charge in [0.15, 0.2) is 0 Å². The Kier molecular flexibility index (Phi) is 4.36. The van der Waals surface area contributed by atoms with Crippen molar-refractivity contribution in [2.24, 2.45) is 0 Å². The Hall–Kier alpha value is -1.51. The summed E-state index contributed by atoms with van der Waals surface area (Å²) in [4.78, 5) is 0.286. The van der Waals surface area contributed by atoms with Gasteiger partial charge in [-0.25, -0.2) is 12.7 Å². The highest BCUT2D eigenvalue weighted by molar-refractivity contribution is 7.89. The third kappa shape index (κ3) is 3.14. The van der Waals surface area contributed by atoms with Crippen molar-refractivity contribution in [3.8, 4) is 0 Å². The summed E-state index contributed by atoms with van der Waals surface area (Å²) in [5.74, 6) is 0. The molecule has 1 aromatic carbocycles. The number of hydrogen-bond acceptors (Lipinski definition) is 6. The molecule has 2 rings (SSSR count). The molecule has 0 spiro atoms. The van der Waals surface area contributed by atoms with Gasteiger partial charge >= 0.3 is 0 Å². The summed E-state index contributed by atoms with van der Waals surface area (Å²) in [6.45, 7) is 1.98. The molecule has 1 N–H and O–H groups in total. The molecule has 1 heterocycles. The fourth-order valence-electron chi connectivity index (χ4n) is 1.64. The summed E-state index contributed by atoms with van der Waals surface area (Å²) in [5, 5.41) is 11.6. The van der Waals surface area contributed by atoms with E-state index in [2.05, 4.69) is 15.5 Å². The summed E-state index contributed by atoms with van der Waals surface area (Å²) in [6.07, 6.45) is 0. The Bertz CT molecular complexity index is 651. The van der Waals surface area contributed by atoms with Gasteiger partial charge in [-0.3, -0.25) is 0 Å². The second kappa shape index (κ2) is 5.86. The number of aromatic nitrogens is 2. The molecular weight excluding hydrogens is 296 g/mol. The molecule has 2 aromatic rings. The Morgan fingerprint density at radius 2 is 1.90 bits per heavy atom. The Labute approximate surface area is 122 Å². The molecule has 0 fully saturated rings. The number of nitrogens with zero attached hydrogens (tertiary/aromatic N) is 3. The molecule has 1 aromatic heterocycles. The van der Waals surface area contributed by atoms with E-state index in [0.29, 0.717) is 0 Å². The van der Waals surface area contributed by atoms with Crippen LogP contribution in [0.4, 0.5) is 5.13 Å². The van der Waals surface area contributed by atoms with Crippen LogP contribution in [0.2, 0.25) is 0 Å². The van der Waals surface area contributed by atoms with Crippen molar-refractivity contribution in [1.29, 1.82) is 0 Å². The minimum absolute atomic E-state index is 0.0269. The van der Waals surface area contributed by atoms with Crippen LogP contribution in [-0.4, -0.2) is 37.0 Å². The predicted molar refractivity (Wildman–Crippen MR) is 79.3 cm³/mol. The van der Waals surface area contributed by atoms with Crippen molar-refractivity contribution >= 4 is 26.5 Å². The van der Waals surface area contributed by atoms with E-state index >= 15 is 0 Å². The highest BCUT2D eigenvalue weighted by atomic mass is 32.2. The Morgan fingerprint density at radius 3 is 2.40 bits per heavy atom. The van der Waals surface area contributed by atoms with Crippen LogP contribution in [0, 0.1) is 0 Å². The minimum Gasteiger partial charge on any atom is -0.354 e. The highest BCUT2D eigenvalue weighted by Crippen LogP contribution is 2.22. The molecule has 0 aliphatic heterocycles. The summed E-state index contributed by atoms with van der Waals surface area (Å²) in [6, 6.07) is 6.86. The molecular formula is C12H16N4O2S2. The largest absolute Gasteiger partial charge is 0.354 e. The van der Waals surface area contributed by atoms with E-state index in [0.717, 1.165) is 10.7 Å². The standard InChI is InChI=1S/C12H16N4O2S2/c1-9(14-12-15-13-8-19-12)10-4-6-11(7-5-10)20(17,18)16(2)3/h4-9H,1-3H3,(H,14,15). The Morgan fingerprint density at radius 1 is 1.25 bits per heavy atom. The molecule has 108 valence electrons. The number of hydrogen-bond donors (Lipinski definition) is 1. The first-order chi connectivity index (χ1) is 9.41. The molecule has 8 heteroatoms. The molecule has 0 aliphatic rings. The number of sulfonamides is 1. The number of benzene rings is 1. The van der Waals surface area contributed by atoms with Gasteiger partial charge < -0.3 is 5.32 Å². The molecule has 6 nitrogen and oxygen atoms in total. The Balaban J connectivity index is 2.16. The molecule has 0 amide bonds. The lowest BCUT2D eigenvalue weighted by Gasteiger charge is -2.15.